The van der Waals surface area contributed by atoms with Crippen LogP contribution >= 0.6 is 17.8 Å². The number of rotatable bonds is 0. The van der Waals surface area contributed by atoms with E-state index in [1.54, 1.807) is 0 Å². The summed E-state index contributed by atoms with van der Waals surface area (Å²) >= 11 is -2.24. The molecule has 0 aliphatic heterocycles. The van der Waals surface area contributed by atoms with E-state index in [0.717, 1.165) is 11.0 Å². The third-order valence-electron chi connectivity index (χ3n) is 3.92. The predicted molar refractivity (Wildman–Crippen MR) is 105 cm³/mol. The van der Waals surface area contributed by atoms with Crippen molar-refractivity contribution in [3.05, 3.63) is 46.8 Å². The molecule has 0 amide bonds. The number of benzene rings is 1. The fourth-order valence-corrected chi connectivity index (χ4v) is 2.39. The minimum atomic E-state index is -2.24. The van der Waals surface area contributed by atoms with Gasteiger partial charge >= 0.3 is 43.8 Å². The molecule has 2 nitrogen and oxygen atoms in total. The summed E-state index contributed by atoms with van der Waals surface area (Å²) in [5.41, 5.74) is 7.07. The van der Waals surface area contributed by atoms with Gasteiger partial charge in [-0.3, -0.25) is 9.97 Å². The van der Waals surface area contributed by atoms with Gasteiger partial charge in [-0.05, 0) is 49.9 Å². The number of aryl methyl sites for hydroxylation is 4. The molecule has 0 aliphatic carbocycles. The van der Waals surface area contributed by atoms with Crippen LogP contribution in [0.5, 0.6) is 0 Å². The first-order chi connectivity index (χ1) is 10.6. The Morgan fingerprint density at radius 1 is 0.739 bits per heavy atom. The van der Waals surface area contributed by atoms with Crippen LogP contribution in [-0.4, -0.2) is 26.1 Å². The monoisotopic (exact) mass is 456 g/mol. The molecule has 23 heavy (non-hydrogen) atoms. The van der Waals surface area contributed by atoms with Crippen molar-refractivity contribution >= 4 is 55.8 Å². The Labute approximate surface area is 149 Å². The second-order valence-electron chi connectivity index (χ2n) is 6.32. The molecule has 0 atom stereocenters. The zero-order chi connectivity index (χ0) is 17.4. The fourth-order valence-electron chi connectivity index (χ4n) is 2.39. The summed E-state index contributed by atoms with van der Waals surface area (Å²) in [4.78, 5) is 13.0. The topological polar surface area (TPSA) is 25.8 Å². The first kappa shape index (κ1) is 18.8. The van der Waals surface area contributed by atoms with Gasteiger partial charge in [0.15, 0.2) is 0 Å². The van der Waals surface area contributed by atoms with E-state index in [2.05, 4.69) is 49.8 Å². The number of fused-ring (bicyclic) bond motifs is 3. The first-order valence-corrected chi connectivity index (χ1v) is 20.5. The van der Waals surface area contributed by atoms with Gasteiger partial charge in [0.05, 0.1) is 11.0 Å². The van der Waals surface area contributed by atoms with Gasteiger partial charge in [-0.1, -0.05) is 12.1 Å². The summed E-state index contributed by atoms with van der Waals surface area (Å²) in [6, 6.07) is 4.34. The first-order valence-electron chi connectivity index (χ1n) is 7.58. The van der Waals surface area contributed by atoms with Crippen molar-refractivity contribution in [2.45, 2.75) is 37.6 Å². The average Bonchev–Trinajstić information content (AvgIpc) is 2.44. The molecule has 0 unspecified atom stereocenters. The predicted octanol–water partition coefficient (Wildman–Crippen LogP) is 6.18. The van der Waals surface area contributed by atoms with Crippen LogP contribution in [0.25, 0.3) is 21.8 Å². The molecule has 5 heteroatoms. The summed E-state index contributed by atoms with van der Waals surface area (Å²) in [5.74, 6) is 0. The van der Waals surface area contributed by atoms with Gasteiger partial charge in [-0.15, -0.1) is 0 Å². The Bertz CT molecular complexity index is 798. The molecule has 3 rings (SSSR count). The Morgan fingerprint density at radius 3 is 1.35 bits per heavy atom. The molecule has 0 saturated heterocycles. The third-order valence-corrected chi connectivity index (χ3v) is 3.92. The van der Waals surface area contributed by atoms with Gasteiger partial charge in [0, 0.05) is 23.2 Å². The van der Waals surface area contributed by atoms with Crippen molar-refractivity contribution in [2.75, 3.05) is 0 Å². The molecule has 122 valence electrons. The molecule has 0 aliphatic rings. The molecule has 0 saturated carbocycles. The molecular formula is C18H22Cl2N2Sn. The van der Waals surface area contributed by atoms with Gasteiger partial charge in [0.2, 0.25) is 0 Å². The van der Waals surface area contributed by atoms with E-state index in [-0.39, 0.29) is 0 Å². The quantitative estimate of drug-likeness (QED) is 0.298. The van der Waals surface area contributed by atoms with E-state index in [1.165, 1.54) is 33.0 Å². The third kappa shape index (κ3) is 4.49. The summed E-state index contributed by atoms with van der Waals surface area (Å²) in [6.45, 7) is 8.48. The summed E-state index contributed by atoms with van der Waals surface area (Å²) in [5, 5.41) is 2.41. The van der Waals surface area contributed by atoms with E-state index in [9.17, 15) is 0 Å². The van der Waals surface area contributed by atoms with Gasteiger partial charge in [0.25, 0.3) is 0 Å². The Morgan fingerprint density at radius 2 is 1.04 bits per heavy atom. The van der Waals surface area contributed by atoms with Gasteiger partial charge < -0.3 is 0 Å². The van der Waals surface area contributed by atoms with Crippen LogP contribution in [0.15, 0.2) is 24.5 Å². The molecule has 0 N–H and O–H groups in total. The molecule has 0 fully saturated rings. The summed E-state index contributed by atoms with van der Waals surface area (Å²) < 4.78 is 0. The minimum absolute atomic E-state index is 1.01. The van der Waals surface area contributed by atoms with E-state index < -0.39 is 16.1 Å². The number of hydrogen-bond donors (Lipinski definition) is 0. The van der Waals surface area contributed by atoms with Gasteiger partial charge in [-0.2, -0.15) is 0 Å². The second kappa shape index (κ2) is 7.12. The second-order valence-corrected chi connectivity index (χ2v) is 27.9. The van der Waals surface area contributed by atoms with Crippen LogP contribution < -0.4 is 0 Å². The van der Waals surface area contributed by atoms with Crippen LogP contribution in [0, 0.1) is 27.7 Å². The maximum absolute atomic E-state index is 5.51. The molecule has 0 spiro atoms. The van der Waals surface area contributed by atoms with Crippen molar-refractivity contribution in [3.63, 3.8) is 0 Å². The summed E-state index contributed by atoms with van der Waals surface area (Å²) in [6.07, 6.45) is 3.88. The molecule has 0 bridgehead atoms. The number of aromatic nitrogens is 2. The molecular weight excluding hydrogens is 434 g/mol. The number of halogens is 2. The van der Waals surface area contributed by atoms with Gasteiger partial charge in [0.1, 0.15) is 0 Å². The van der Waals surface area contributed by atoms with Crippen molar-refractivity contribution in [3.8, 4) is 0 Å². The standard InChI is InChI=1S/C16H16N2.2CH3.2ClH.Sn/c1-9-7-17-15-13(11(9)3)5-6-14-12(4)10(2)8-18-16(14)15;;;;;/h5-8H,1-4H3;2*1H3;2*1H;/q;;;;;+2/p-2. The van der Waals surface area contributed by atoms with E-state index in [0.29, 0.717) is 0 Å². The zero-order valence-corrected chi connectivity index (χ0v) is 18.8. The van der Waals surface area contributed by atoms with E-state index in [1.807, 2.05) is 22.3 Å². The normalized spacial score (nSPS) is 11.5. The SMILES string of the molecule is Cc1cnc2c(ccc3c(C)c(C)cnc32)c1C.[CH3][Sn]([CH3])([Cl])[Cl]. The molecule has 0 radical (unpaired) electrons. The summed E-state index contributed by atoms with van der Waals surface area (Å²) in [7, 11) is 11.0. The van der Waals surface area contributed by atoms with Crippen molar-refractivity contribution in [1.29, 1.82) is 0 Å². The van der Waals surface area contributed by atoms with Crippen molar-refractivity contribution in [2.24, 2.45) is 0 Å². The van der Waals surface area contributed by atoms with Crippen LogP contribution in [0.3, 0.4) is 0 Å². The zero-order valence-electron chi connectivity index (χ0n) is 14.5. The van der Waals surface area contributed by atoms with Crippen LogP contribution in [0.4, 0.5) is 0 Å². The Hall–Kier alpha value is -0.581. The number of pyridine rings is 2. The number of nitrogens with zero attached hydrogens (tertiary/aromatic N) is 2. The van der Waals surface area contributed by atoms with Crippen LogP contribution in [-0.2, 0) is 0 Å². The Kier molecular flexibility index (Phi) is 5.80. The Balaban J connectivity index is 0.000000338. The van der Waals surface area contributed by atoms with E-state index >= 15 is 0 Å². The van der Waals surface area contributed by atoms with Crippen molar-refractivity contribution in [1.82, 2.24) is 9.97 Å². The average molecular weight is 456 g/mol. The molecule has 2 aromatic heterocycles. The number of hydrogen-bond acceptors (Lipinski definition) is 2. The molecule has 2 heterocycles. The van der Waals surface area contributed by atoms with Crippen LogP contribution in [0.2, 0.25) is 9.88 Å². The van der Waals surface area contributed by atoms with Crippen LogP contribution in [0.1, 0.15) is 22.3 Å². The molecule has 3 aromatic rings. The van der Waals surface area contributed by atoms with Gasteiger partial charge in [-0.25, -0.2) is 0 Å². The fraction of sp³-hybridized carbons (Fsp3) is 0.333. The molecule has 1 aromatic carbocycles. The van der Waals surface area contributed by atoms with Crippen molar-refractivity contribution < 1.29 is 0 Å². The van der Waals surface area contributed by atoms with E-state index in [4.69, 9.17) is 17.8 Å². The maximum atomic E-state index is 5.51.